The molecule has 7 heteroatoms. The molecule has 0 unspecified atom stereocenters. The number of para-hydroxylation sites is 1. The van der Waals surface area contributed by atoms with E-state index in [2.05, 4.69) is 11.1 Å². The summed E-state index contributed by atoms with van der Waals surface area (Å²) < 4.78 is 10.9. The molecule has 2 amide bonds. The van der Waals surface area contributed by atoms with Crippen molar-refractivity contribution in [1.29, 1.82) is 0 Å². The second-order valence-electron chi connectivity index (χ2n) is 4.76. The molecule has 0 aromatic heterocycles. The van der Waals surface area contributed by atoms with Gasteiger partial charge in [0.15, 0.2) is 11.5 Å². The minimum absolute atomic E-state index is 0.232. The van der Waals surface area contributed by atoms with E-state index < -0.39 is 12.2 Å². The highest BCUT2D eigenvalue weighted by atomic mass is 16.6. The summed E-state index contributed by atoms with van der Waals surface area (Å²) in [5.74, 6) is 1.15. The number of ether oxygens (including phenoxy) is 2. The van der Waals surface area contributed by atoms with E-state index in [1.807, 2.05) is 26.0 Å². The lowest BCUT2D eigenvalue weighted by Gasteiger charge is -2.17. The first-order valence-corrected chi connectivity index (χ1v) is 5.94. The van der Waals surface area contributed by atoms with Gasteiger partial charge >= 0.3 is 12.2 Å². The van der Waals surface area contributed by atoms with Crippen molar-refractivity contribution in [1.82, 2.24) is 5.32 Å². The normalized spacial score (nSPS) is 14.2. The molecule has 1 aliphatic heterocycles. The lowest BCUT2D eigenvalue weighted by molar-refractivity contribution is 0.133. The summed E-state index contributed by atoms with van der Waals surface area (Å²) in [6.45, 7) is 4.02. The quantitative estimate of drug-likeness (QED) is 0.726. The highest BCUT2D eigenvalue weighted by Crippen LogP contribution is 2.41. The van der Waals surface area contributed by atoms with Crippen molar-refractivity contribution in [3.8, 4) is 11.5 Å². The molecular formula is C13H18N2O5. The van der Waals surface area contributed by atoms with E-state index in [0.717, 1.165) is 12.0 Å². The Balaban J connectivity index is 0.000000444. The molecule has 4 N–H and O–H groups in total. The molecule has 0 aliphatic carbocycles. The van der Waals surface area contributed by atoms with Crippen LogP contribution in [0, 0.1) is 0 Å². The first-order valence-electron chi connectivity index (χ1n) is 5.94. The molecule has 0 radical (unpaired) electrons. The Hall–Kier alpha value is -2.44. The second kappa shape index (κ2) is 6.14. The van der Waals surface area contributed by atoms with Crippen LogP contribution in [0.4, 0.5) is 9.59 Å². The summed E-state index contributed by atoms with van der Waals surface area (Å²) in [5, 5.41) is 9.60. The maximum atomic E-state index is 11.2. The number of carbonyl (C=O) groups excluding carboxylic acids is 1. The van der Waals surface area contributed by atoms with Gasteiger partial charge in [0.2, 0.25) is 0 Å². The number of benzene rings is 1. The van der Waals surface area contributed by atoms with Crippen LogP contribution in [0.2, 0.25) is 0 Å². The zero-order chi connectivity index (χ0) is 15.3. The van der Waals surface area contributed by atoms with E-state index in [0.29, 0.717) is 11.5 Å². The van der Waals surface area contributed by atoms with Crippen LogP contribution in [0.1, 0.15) is 19.4 Å². The molecule has 1 heterocycles. The lowest BCUT2D eigenvalue weighted by atomic mass is 10.0. The van der Waals surface area contributed by atoms with Gasteiger partial charge in [0, 0.05) is 19.0 Å². The fourth-order valence-corrected chi connectivity index (χ4v) is 1.82. The second-order valence-corrected chi connectivity index (χ2v) is 4.76. The van der Waals surface area contributed by atoms with Gasteiger partial charge in [0.1, 0.15) is 5.60 Å². The molecule has 1 aromatic rings. The molecule has 0 atom stereocenters. The molecule has 0 fully saturated rings. The number of nitrogens with two attached hydrogens (primary N) is 1. The minimum atomic E-state index is -1.33. The summed E-state index contributed by atoms with van der Waals surface area (Å²) in [6.07, 6.45) is -0.991. The first kappa shape index (κ1) is 15.6. The molecule has 0 spiro atoms. The average Bonchev–Trinajstić information content (AvgIpc) is 2.63. The van der Waals surface area contributed by atoms with E-state index in [4.69, 9.17) is 19.4 Å². The summed E-state index contributed by atoms with van der Waals surface area (Å²) in [7, 11) is 1.52. The highest BCUT2D eigenvalue weighted by molar-refractivity contribution is 5.71. The topological polar surface area (TPSA) is 111 Å². The van der Waals surface area contributed by atoms with Gasteiger partial charge in [0.05, 0.1) is 0 Å². The van der Waals surface area contributed by atoms with Gasteiger partial charge in [-0.2, -0.15) is 0 Å². The number of hydrogen-bond acceptors (Lipinski definition) is 4. The average molecular weight is 282 g/mol. The van der Waals surface area contributed by atoms with Crippen molar-refractivity contribution in [2.45, 2.75) is 25.9 Å². The maximum absolute atomic E-state index is 11.2. The lowest BCUT2D eigenvalue weighted by Crippen LogP contribution is -2.25. The number of primary amides is 1. The predicted octanol–water partition coefficient (Wildman–Crippen LogP) is 1.74. The fraction of sp³-hybridized carbons (Fsp3) is 0.385. The molecule has 0 saturated heterocycles. The molecule has 20 heavy (non-hydrogen) atoms. The van der Waals surface area contributed by atoms with E-state index in [-0.39, 0.29) is 5.60 Å². The van der Waals surface area contributed by atoms with Gasteiger partial charge in [0.25, 0.3) is 0 Å². The number of amides is 2. The molecule has 1 aromatic carbocycles. The third-order valence-corrected chi connectivity index (χ3v) is 2.46. The molecule has 110 valence electrons. The molecule has 2 rings (SSSR count). The Bertz CT molecular complexity index is 509. The third-order valence-electron chi connectivity index (χ3n) is 2.46. The van der Waals surface area contributed by atoms with Crippen LogP contribution in [-0.2, 0) is 6.42 Å². The molecule has 1 aliphatic rings. The third kappa shape index (κ3) is 4.34. The summed E-state index contributed by atoms with van der Waals surface area (Å²) >= 11 is 0. The van der Waals surface area contributed by atoms with Gasteiger partial charge < -0.3 is 25.6 Å². The Kier molecular flexibility index (Phi) is 4.79. The Labute approximate surface area is 116 Å². The van der Waals surface area contributed by atoms with Crippen LogP contribution >= 0.6 is 0 Å². The van der Waals surface area contributed by atoms with E-state index in [9.17, 15) is 4.79 Å². The highest BCUT2D eigenvalue weighted by Gasteiger charge is 2.32. The number of fused-ring (bicyclic) bond motifs is 1. The maximum Gasteiger partial charge on any atom is 0.412 e. The molecule has 0 saturated carbocycles. The standard InChI is InChI=1S/C12H15NO3.CH3NO2/c1-12(2)7-8-5-4-6-9(10(8)16-12)15-11(14)13-3;2-1(3)4/h4-6H,7H2,1-3H3,(H,13,14);2H2,(H,3,4). The fourth-order valence-electron chi connectivity index (χ4n) is 1.82. The summed E-state index contributed by atoms with van der Waals surface area (Å²) in [5.41, 5.74) is 4.87. The largest absolute Gasteiger partial charge is 0.483 e. The van der Waals surface area contributed by atoms with Crippen molar-refractivity contribution in [2.24, 2.45) is 5.73 Å². The van der Waals surface area contributed by atoms with Crippen LogP contribution in [0.3, 0.4) is 0 Å². The number of nitrogens with one attached hydrogen (secondary N) is 1. The number of carbonyl (C=O) groups is 2. The van der Waals surface area contributed by atoms with Gasteiger partial charge in [-0.25, -0.2) is 9.59 Å². The van der Waals surface area contributed by atoms with E-state index in [1.165, 1.54) is 7.05 Å². The van der Waals surface area contributed by atoms with Gasteiger partial charge in [-0.1, -0.05) is 12.1 Å². The van der Waals surface area contributed by atoms with Crippen LogP contribution in [0.25, 0.3) is 0 Å². The number of carboxylic acid groups (broad SMARTS) is 1. The van der Waals surface area contributed by atoms with Crippen LogP contribution in [0.15, 0.2) is 18.2 Å². The van der Waals surface area contributed by atoms with Gasteiger partial charge in [-0.3, -0.25) is 0 Å². The minimum Gasteiger partial charge on any atom is -0.483 e. The SMILES string of the molecule is CNC(=O)Oc1cccc2c1OC(C)(C)C2.NC(=O)O. The molecule has 7 nitrogen and oxygen atoms in total. The first-order chi connectivity index (χ1) is 9.25. The van der Waals surface area contributed by atoms with Crippen LogP contribution in [-0.4, -0.2) is 29.9 Å². The van der Waals surface area contributed by atoms with Crippen molar-refractivity contribution in [3.63, 3.8) is 0 Å². The van der Waals surface area contributed by atoms with Crippen molar-refractivity contribution in [2.75, 3.05) is 7.05 Å². The summed E-state index contributed by atoms with van der Waals surface area (Å²) in [4.78, 5) is 19.9. The Morgan fingerprint density at radius 3 is 2.60 bits per heavy atom. The Morgan fingerprint density at radius 2 is 2.05 bits per heavy atom. The molecule has 0 bridgehead atoms. The predicted molar refractivity (Wildman–Crippen MR) is 72.1 cm³/mol. The Morgan fingerprint density at radius 1 is 1.45 bits per heavy atom. The number of hydrogen-bond donors (Lipinski definition) is 3. The van der Waals surface area contributed by atoms with E-state index >= 15 is 0 Å². The number of rotatable bonds is 1. The van der Waals surface area contributed by atoms with Gasteiger partial charge in [-0.15, -0.1) is 0 Å². The van der Waals surface area contributed by atoms with Crippen molar-refractivity contribution in [3.05, 3.63) is 23.8 Å². The monoisotopic (exact) mass is 282 g/mol. The smallest absolute Gasteiger partial charge is 0.412 e. The summed E-state index contributed by atoms with van der Waals surface area (Å²) in [6, 6.07) is 5.58. The van der Waals surface area contributed by atoms with Crippen molar-refractivity contribution >= 4 is 12.2 Å². The van der Waals surface area contributed by atoms with E-state index in [1.54, 1.807) is 6.07 Å². The van der Waals surface area contributed by atoms with Gasteiger partial charge in [-0.05, 0) is 19.9 Å². The van der Waals surface area contributed by atoms with Crippen molar-refractivity contribution < 1.29 is 24.2 Å². The zero-order valence-corrected chi connectivity index (χ0v) is 11.6. The zero-order valence-electron chi connectivity index (χ0n) is 11.6. The van der Waals surface area contributed by atoms with Crippen LogP contribution in [0.5, 0.6) is 11.5 Å². The molecular weight excluding hydrogens is 264 g/mol. The van der Waals surface area contributed by atoms with Crippen LogP contribution < -0.4 is 20.5 Å².